The fraction of sp³-hybridized carbons (Fsp3) is 0.188. The molecule has 0 spiro atoms. The van der Waals surface area contributed by atoms with Crippen molar-refractivity contribution in [3.05, 3.63) is 58.1 Å². The number of hydrogen-bond acceptors (Lipinski definition) is 3. The zero-order valence-corrected chi connectivity index (χ0v) is 12.9. The van der Waals surface area contributed by atoms with Crippen LogP contribution >= 0.6 is 15.9 Å². The second-order valence-electron chi connectivity index (χ2n) is 4.50. The average molecular weight is 330 g/mol. The minimum absolute atomic E-state index is 0.671. The van der Waals surface area contributed by atoms with E-state index in [-0.39, 0.29) is 0 Å². The first-order valence-corrected chi connectivity index (χ1v) is 7.23. The summed E-state index contributed by atoms with van der Waals surface area (Å²) in [4.78, 5) is 2.18. The molecule has 0 atom stereocenters. The Balaban J connectivity index is 2.31. The van der Waals surface area contributed by atoms with Gasteiger partial charge in [-0.25, -0.2) is 0 Å². The third-order valence-electron chi connectivity index (χ3n) is 3.18. The van der Waals surface area contributed by atoms with Crippen molar-refractivity contribution in [3.8, 4) is 6.07 Å². The van der Waals surface area contributed by atoms with Crippen LogP contribution in [0, 0.1) is 11.3 Å². The van der Waals surface area contributed by atoms with E-state index in [2.05, 4.69) is 33.8 Å². The van der Waals surface area contributed by atoms with Gasteiger partial charge >= 0.3 is 0 Å². The van der Waals surface area contributed by atoms with Crippen LogP contribution in [0.25, 0.3) is 0 Å². The van der Waals surface area contributed by atoms with Crippen molar-refractivity contribution in [1.82, 2.24) is 0 Å². The maximum absolute atomic E-state index is 9.32. The zero-order chi connectivity index (χ0) is 14.5. The second-order valence-corrected chi connectivity index (χ2v) is 5.36. The van der Waals surface area contributed by atoms with Crippen LogP contribution in [0.15, 0.2) is 46.9 Å². The lowest BCUT2D eigenvalue weighted by Crippen LogP contribution is -2.23. The molecule has 3 nitrogen and oxygen atoms in total. The molecule has 4 heteroatoms. The summed E-state index contributed by atoms with van der Waals surface area (Å²) in [6.45, 7) is 3.66. The van der Waals surface area contributed by atoms with Crippen molar-refractivity contribution in [2.75, 3.05) is 17.2 Å². The Morgan fingerprint density at radius 2 is 1.90 bits per heavy atom. The number of halogens is 1. The zero-order valence-electron chi connectivity index (χ0n) is 11.3. The van der Waals surface area contributed by atoms with Gasteiger partial charge in [-0.1, -0.05) is 18.2 Å². The predicted octanol–water partition coefficient (Wildman–Crippen LogP) is 3.93. The summed E-state index contributed by atoms with van der Waals surface area (Å²) in [7, 11) is 0. The van der Waals surface area contributed by atoms with Gasteiger partial charge in [-0.15, -0.1) is 0 Å². The summed E-state index contributed by atoms with van der Waals surface area (Å²) < 4.78 is 0.827. The van der Waals surface area contributed by atoms with Crippen molar-refractivity contribution >= 4 is 27.3 Å². The lowest BCUT2D eigenvalue weighted by Gasteiger charge is -2.24. The van der Waals surface area contributed by atoms with Crippen LogP contribution in [-0.2, 0) is 6.54 Å². The first-order chi connectivity index (χ1) is 9.65. The normalized spacial score (nSPS) is 10.1. The predicted molar refractivity (Wildman–Crippen MR) is 86.4 cm³/mol. The molecule has 0 heterocycles. The molecule has 2 aromatic carbocycles. The van der Waals surface area contributed by atoms with E-state index >= 15 is 0 Å². The van der Waals surface area contributed by atoms with Crippen LogP contribution in [0.3, 0.4) is 0 Å². The van der Waals surface area contributed by atoms with Gasteiger partial charge in [0.25, 0.3) is 0 Å². The van der Waals surface area contributed by atoms with E-state index in [9.17, 15) is 5.26 Å². The third-order valence-corrected chi connectivity index (χ3v) is 3.84. The van der Waals surface area contributed by atoms with Crippen LogP contribution in [0.5, 0.6) is 0 Å². The van der Waals surface area contributed by atoms with Gasteiger partial charge in [0.2, 0.25) is 0 Å². The maximum Gasteiger partial charge on any atom is 0.103 e. The highest BCUT2D eigenvalue weighted by molar-refractivity contribution is 9.10. The maximum atomic E-state index is 9.32. The Morgan fingerprint density at radius 1 is 1.20 bits per heavy atom. The van der Waals surface area contributed by atoms with E-state index in [1.165, 1.54) is 5.56 Å². The topological polar surface area (TPSA) is 53.0 Å². The molecule has 0 aromatic heterocycles. The Labute approximate surface area is 127 Å². The number of nitrogens with zero attached hydrogens (tertiary/aromatic N) is 2. The quantitative estimate of drug-likeness (QED) is 0.864. The van der Waals surface area contributed by atoms with Gasteiger partial charge in [-0.2, -0.15) is 5.26 Å². The van der Waals surface area contributed by atoms with E-state index in [4.69, 9.17) is 5.73 Å². The molecule has 20 heavy (non-hydrogen) atoms. The molecule has 0 saturated heterocycles. The molecule has 2 rings (SSSR count). The highest BCUT2D eigenvalue weighted by Crippen LogP contribution is 2.28. The summed E-state index contributed by atoms with van der Waals surface area (Å²) >= 11 is 3.43. The number of nitriles is 1. The molecule has 0 aliphatic heterocycles. The van der Waals surface area contributed by atoms with Gasteiger partial charge in [0.05, 0.1) is 11.3 Å². The van der Waals surface area contributed by atoms with Gasteiger partial charge in [-0.3, -0.25) is 0 Å². The van der Waals surface area contributed by atoms with E-state index in [1.54, 1.807) is 0 Å². The van der Waals surface area contributed by atoms with Crippen molar-refractivity contribution in [3.63, 3.8) is 0 Å². The van der Waals surface area contributed by atoms with Gasteiger partial charge in [0.15, 0.2) is 0 Å². The number of nitrogens with two attached hydrogens (primary N) is 1. The van der Waals surface area contributed by atoms with Crippen LogP contribution in [-0.4, -0.2) is 6.54 Å². The number of nitrogen functional groups attached to an aromatic ring is 1. The first-order valence-electron chi connectivity index (χ1n) is 6.43. The standard InChI is InChI=1S/C16H16BrN3/c1-2-20(11-12-6-8-13(19)9-7-12)16-5-3-4-15(17)14(16)10-18/h3-9H,2,11,19H2,1H3. The third kappa shape index (κ3) is 3.12. The molecule has 2 N–H and O–H groups in total. The van der Waals surface area contributed by atoms with E-state index in [0.717, 1.165) is 28.9 Å². The van der Waals surface area contributed by atoms with Crippen molar-refractivity contribution in [1.29, 1.82) is 5.26 Å². The van der Waals surface area contributed by atoms with Gasteiger partial charge in [-0.05, 0) is 52.7 Å². The molecular weight excluding hydrogens is 314 g/mol. The monoisotopic (exact) mass is 329 g/mol. The fourth-order valence-corrected chi connectivity index (χ4v) is 2.54. The molecule has 0 saturated carbocycles. The minimum Gasteiger partial charge on any atom is -0.399 e. The Kier molecular flexibility index (Phi) is 4.65. The molecule has 102 valence electrons. The summed E-state index contributed by atoms with van der Waals surface area (Å²) in [5, 5.41) is 9.32. The molecule has 0 fully saturated rings. The Bertz CT molecular complexity index is 629. The van der Waals surface area contributed by atoms with E-state index in [1.807, 2.05) is 42.5 Å². The summed E-state index contributed by atoms with van der Waals surface area (Å²) in [6, 6.07) is 15.9. The van der Waals surface area contributed by atoms with Gasteiger partial charge in [0, 0.05) is 23.2 Å². The van der Waals surface area contributed by atoms with E-state index in [0.29, 0.717) is 5.56 Å². The van der Waals surface area contributed by atoms with Crippen LogP contribution in [0.4, 0.5) is 11.4 Å². The van der Waals surface area contributed by atoms with Gasteiger partial charge in [0.1, 0.15) is 6.07 Å². The number of anilines is 2. The Hall–Kier alpha value is -1.99. The SMILES string of the molecule is CCN(Cc1ccc(N)cc1)c1cccc(Br)c1C#N. The smallest absolute Gasteiger partial charge is 0.103 e. The Morgan fingerprint density at radius 3 is 2.50 bits per heavy atom. The molecular formula is C16H16BrN3. The summed E-state index contributed by atoms with van der Waals surface area (Å²) in [5.41, 5.74) is 9.25. The van der Waals surface area contributed by atoms with E-state index < -0.39 is 0 Å². The summed E-state index contributed by atoms with van der Waals surface area (Å²) in [5.74, 6) is 0. The number of benzene rings is 2. The lowest BCUT2D eigenvalue weighted by molar-refractivity contribution is 0.830. The van der Waals surface area contributed by atoms with Crippen LogP contribution < -0.4 is 10.6 Å². The largest absolute Gasteiger partial charge is 0.399 e. The average Bonchev–Trinajstić information content (AvgIpc) is 2.46. The molecule has 2 aromatic rings. The van der Waals surface area contributed by atoms with Crippen molar-refractivity contribution in [2.24, 2.45) is 0 Å². The lowest BCUT2D eigenvalue weighted by atomic mass is 10.1. The molecule has 0 aliphatic rings. The highest BCUT2D eigenvalue weighted by atomic mass is 79.9. The van der Waals surface area contributed by atoms with Crippen molar-refractivity contribution in [2.45, 2.75) is 13.5 Å². The summed E-state index contributed by atoms with van der Waals surface area (Å²) in [6.07, 6.45) is 0. The van der Waals surface area contributed by atoms with Crippen LogP contribution in [0.2, 0.25) is 0 Å². The molecule has 0 radical (unpaired) electrons. The van der Waals surface area contributed by atoms with Gasteiger partial charge < -0.3 is 10.6 Å². The molecule has 0 unspecified atom stereocenters. The molecule has 0 bridgehead atoms. The fourth-order valence-electron chi connectivity index (χ4n) is 2.10. The first kappa shape index (κ1) is 14.4. The highest BCUT2D eigenvalue weighted by Gasteiger charge is 2.12. The molecule has 0 amide bonds. The van der Waals surface area contributed by atoms with Crippen LogP contribution in [0.1, 0.15) is 18.1 Å². The number of hydrogen-bond donors (Lipinski definition) is 1. The molecule has 0 aliphatic carbocycles. The second kappa shape index (κ2) is 6.44. The minimum atomic E-state index is 0.671. The van der Waals surface area contributed by atoms with Crippen molar-refractivity contribution < 1.29 is 0 Å². The number of rotatable bonds is 4.